The van der Waals surface area contributed by atoms with Gasteiger partial charge in [-0.1, -0.05) is 18.2 Å². The van der Waals surface area contributed by atoms with E-state index in [-0.39, 0.29) is 31.6 Å². The summed E-state index contributed by atoms with van der Waals surface area (Å²) in [5.41, 5.74) is 4.60. The summed E-state index contributed by atoms with van der Waals surface area (Å²) in [7, 11) is 0. The molecule has 0 spiro atoms. The molecule has 0 saturated heterocycles. The Morgan fingerprint density at radius 1 is 1.00 bits per heavy atom. The van der Waals surface area contributed by atoms with Gasteiger partial charge in [0.05, 0.1) is 25.4 Å². The minimum absolute atomic E-state index is 0. The van der Waals surface area contributed by atoms with E-state index in [4.69, 9.17) is 21.1 Å². The van der Waals surface area contributed by atoms with Crippen molar-refractivity contribution < 1.29 is 20.4 Å². The average Bonchev–Trinajstić information content (AvgIpc) is 2.48. The van der Waals surface area contributed by atoms with E-state index in [1.165, 1.54) is 0 Å². The normalized spacial score (nSPS) is 10.4. The van der Waals surface area contributed by atoms with E-state index in [0.29, 0.717) is 5.52 Å². The number of aromatic hydroxyl groups is 1. The number of nitrogens with two attached hydrogens (primary N) is 1. The Balaban J connectivity index is 0.000000364. The van der Waals surface area contributed by atoms with Gasteiger partial charge >= 0.3 is 0 Å². The standard InChI is InChI=1S/C9H7NO.C4H11NO3.In/c11-8-5-1-3-7-4-2-6-10-9(7)8;5-4(1-6,2-7)3-8;/h1-6,11H;6-8H,1-3,5H2;. The third-order valence-electron chi connectivity index (χ3n) is 2.56. The molecule has 0 aliphatic rings. The molecule has 0 aliphatic carbocycles. The van der Waals surface area contributed by atoms with Crippen LogP contribution in [0.25, 0.3) is 10.9 Å². The Hall–Kier alpha value is -0.860. The Bertz CT molecular complexity index is 507. The second-order valence-corrected chi connectivity index (χ2v) is 4.19. The maximum atomic E-state index is 9.31. The zero-order valence-electron chi connectivity index (χ0n) is 11.0. The molecule has 2 aromatic rings. The van der Waals surface area contributed by atoms with Crippen LogP contribution in [0, 0.1) is 0 Å². The fourth-order valence-corrected chi connectivity index (χ4v) is 1.24. The number of para-hydroxylation sites is 1. The van der Waals surface area contributed by atoms with Crippen molar-refractivity contribution in [2.75, 3.05) is 19.8 Å². The molecular formula is C13H18InN2O4. The van der Waals surface area contributed by atoms with Gasteiger partial charge in [-0.05, 0) is 12.1 Å². The summed E-state index contributed by atoms with van der Waals surface area (Å²) in [6, 6.07) is 9.13. The van der Waals surface area contributed by atoms with E-state index in [2.05, 4.69) is 4.98 Å². The summed E-state index contributed by atoms with van der Waals surface area (Å²) in [6.07, 6.45) is 1.67. The number of phenols is 1. The zero-order chi connectivity index (χ0) is 14.3. The van der Waals surface area contributed by atoms with Crippen molar-refractivity contribution >= 4 is 36.7 Å². The van der Waals surface area contributed by atoms with Gasteiger partial charge in [0, 0.05) is 37.4 Å². The predicted octanol–water partition coefficient (Wildman–Crippen LogP) is -0.780. The molecule has 2 rings (SSSR count). The number of phenolic OH excluding ortho intramolecular Hbond substituents is 1. The largest absolute Gasteiger partial charge is 0.506 e. The van der Waals surface area contributed by atoms with Gasteiger partial charge in [-0.25, -0.2) is 0 Å². The Labute approximate surface area is 135 Å². The Kier molecular flexibility index (Phi) is 8.75. The maximum absolute atomic E-state index is 9.31. The molecule has 1 aromatic carbocycles. The van der Waals surface area contributed by atoms with E-state index in [1.807, 2.05) is 18.2 Å². The van der Waals surface area contributed by atoms with Crippen LogP contribution >= 0.6 is 0 Å². The topological polar surface area (TPSA) is 120 Å². The van der Waals surface area contributed by atoms with Crippen LogP contribution in [0.5, 0.6) is 5.75 Å². The second-order valence-electron chi connectivity index (χ2n) is 4.19. The maximum Gasteiger partial charge on any atom is 0.141 e. The SMILES string of the molecule is NC(CO)(CO)CO.Oc1cccc2cccnc12.[In]. The number of rotatable bonds is 3. The van der Waals surface area contributed by atoms with Gasteiger partial charge in [0.2, 0.25) is 0 Å². The molecule has 0 fully saturated rings. The third kappa shape index (κ3) is 5.26. The molecular weight excluding hydrogens is 363 g/mol. The number of benzene rings is 1. The number of aromatic nitrogens is 1. The van der Waals surface area contributed by atoms with Crippen molar-refractivity contribution in [3.8, 4) is 5.75 Å². The van der Waals surface area contributed by atoms with E-state index in [0.717, 1.165) is 5.39 Å². The first kappa shape index (κ1) is 19.1. The molecule has 7 heteroatoms. The first-order valence-corrected chi connectivity index (χ1v) is 5.70. The van der Waals surface area contributed by atoms with Crippen molar-refractivity contribution in [2.24, 2.45) is 5.73 Å². The predicted molar refractivity (Wildman–Crippen MR) is 77.3 cm³/mol. The summed E-state index contributed by atoms with van der Waals surface area (Å²) in [6.45, 7) is -1.21. The molecule has 1 aromatic heterocycles. The monoisotopic (exact) mass is 381 g/mol. The summed E-state index contributed by atoms with van der Waals surface area (Å²) in [5, 5.41) is 35.3. The van der Waals surface area contributed by atoms with Gasteiger partial charge < -0.3 is 26.2 Å². The summed E-state index contributed by atoms with van der Waals surface area (Å²) in [5.74, 6) is 0.239. The number of fused-ring (bicyclic) bond motifs is 1. The Morgan fingerprint density at radius 3 is 2.00 bits per heavy atom. The molecule has 0 aliphatic heterocycles. The van der Waals surface area contributed by atoms with Crippen LogP contribution < -0.4 is 5.73 Å². The molecule has 6 N–H and O–H groups in total. The molecule has 107 valence electrons. The first-order valence-electron chi connectivity index (χ1n) is 5.70. The quantitative estimate of drug-likeness (QED) is 0.476. The van der Waals surface area contributed by atoms with Crippen molar-refractivity contribution in [1.29, 1.82) is 0 Å². The molecule has 0 amide bonds. The van der Waals surface area contributed by atoms with Crippen LogP contribution in [-0.2, 0) is 0 Å². The van der Waals surface area contributed by atoms with E-state index < -0.39 is 25.4 Å². The molecule has 0 saturated carbocycles. The van der Waals surface area contributed by atoms with Gasteiger partial charge in [-0.15, -0.1) is 0 Å². The van der Waals surface area contributed by atoms with Crippen LogP contribution in [0.2, 0.25) is 0 Å². The van der Waals surface area contributed by atoms with Gasteiger partial charge in [-0.2, -0.15) is 0 Å². The molecule has 20 heavy (non-hydrogen) atoms. The second kappa shape index (κ2) is 9.15. The van der Waals surface area contributed by atoms with Gasteiger partial charge in [-0.3, -0.25) is 4.98 Å². The van der Waals surface area contributed by atoms with Crippen molar-refractivity contribution in [3.63, 3.8) is 0 Å². The first-order chi connectivity index (χ1) is 9.06. The number of aliphatic hydroxyl groups is 3. The molecule has 0 unspecified atom stereocenters. The summed E-state index contributed by atoms with van der Waals surface area (Å²) >= 11 is 0. The van der Waals surface area contributed by atoms with Gasteiger partial charge in [0.25, 0.3) is 0 Å². The number of aliphatic hydroxyl groups excluding tert-OH is 3. The molecule has 3 radical (unpaired) electrons. The summed E-state index contributed by atoms with van der Waals surface area (Å²) < 4.78 is 0. The minimum atomic E-state index is -1.21. The van der Waals surface area contributed by atoms with Crippen LogP contribution in [-0.4, -0.2) is 76.6 Å². The minimum Gasteiger partial charge on any atom is -0.506 e. The zero-order valence-corrected chi connectivity index (χ0v) is 14.3. The molecule has 0 atom stereocenters. The van der Waals surface area contributed by atoms with Crippen LogP contribution in [0.3, 0.4) is 0 Å². The molecule has 0 bridgehead atoms. The average molecular weight is 381 g/mol. The van der Waals surface area contributed by atoms with Gasteiger partial charge in [0.1, 0.15) is 11.3 Å². The molecule has 6 nitrogen and oxygen atoms in total. The van der Waals surface area contributed by atoms with Crippen molar-refractivity contribution in [1.82, 2.24) is 4.98 Å². The van der Waals surface area contributed by atoms with Crippen LogP contribution in [0.1, 0.15) is 0 Å². The van der Waals surface area contributed by atoms with Crippen LogP contribution in [0.15, 0.2) is 36.5 Å². The van der Waals surface area contributed by atoms with E-state index in [9.17, 15) is 5.11 Å². The number of pyridine rings is 1. The van der Waals surface area contributed by atoms with Crippen molar-refractivity contribution in [2.45, 2.75) is 5.54 Å². The smallest absolute Gasteiger partial charge is 0.141 e. The molecule has 1 heterocycles. The number of hydrogen-bond donors (Lipinski definition) is 5. The van der Waals surface area contributed by atoms with Crippen molar-refractivity contribution in [3.05, 3.63) is 36.5 Å². The van der Waals surface area contributed by atoms with Gasteiger partial charge in [0.15, 0.2) is 0 Å². The van der Waals surface area contributed by atoms with E-state index >= 15 is 0 Å². The number of hydrogen-bond acceptors (Lipinski definition) is 6. The van der Waals surface area contributed by atoms with Crippen LogP contribution in [0.4, 0.5) is 0 Å². The summed E-state index contributed by atoms with van der Waals surface area (Å²) in [4.78, 5) is 4.03. The fourth-order valence-electron chi connectivity index (χ4n) is 1.24. The van der Waals surface area contributed by atoms with E-state index in [1.54, 1.807) is 18.3 Å². The third-order valence-corrected chi connectivity index (χ3v) is 2.56. The number of nitrogens with zero attached hydrogens (tertiary/aromatic N) is 1. The fraction of sp³-hybridized carbons (Fsp3) is 0.308. The Morgan fingerprint density at radius 2 is 1.55 bits per heavy atom.